The molecule has 6 N–H and O–H groups in total. The molecule has 3 aromatic rings. The third kappa shape index (κ3) is 4.63. The molecule has 11 heteroatoms. The number of amides is 1. The summed E-state index contributed by atoms with van der Waals surface area (Å²) in [4.78, 5) is 28.7. The highest BCUT2D eigenvalue weighted by molar-refractivity contribution is 7.17. The van der Waals surface area contributed by atoms with E-state index >= 15 is 0 Å². The molecule has 1 aliphatic carbocycles. The van der Waals surface area contributed by atoms with E-state index in [1.54, 1.807) is 19.1 Å². The molecule has 0 aliphatic heterocycles. The van der Waals surface area contributed by atoms with E-state index < -0.39 is 11.9 Å². The van der Waals surface area contributed by atoms with E-state index in [1.807, 2.05) is 11.4 Å². The molecule has 168 valence electrons. The van der Waals surface area contributed by atoms with Crippen LogP contribution in [0.4, 0.5) is 17.5 Å². The van der Waals surface area contributed by atoms with Crippen molar-refractivity contribution in [2.24, 2.45) is 11.5 Å². The molecule has 0 spiro atoms. The van der Waals surface area contributed by atoms with E-state index in [0.717, 1.165) is 35.8 Å². The zero-order chi connectivity index (χ0) is 22.7. The Balaban J connectivity index is 1.69. The quantitative estimate of drug-likeness (QED) is 0.393. The van der Waals surface area contributed by atoms with Gasteiger partial charge in [-0.1, -0.05) is 12.8 Å². The first-order valence-electron chi connectivity index (χ1n) is 10.5. The van der Waals surface area contributed by atoms with E-state index in [0.29, 0.717) is 11.3 Å². The number of anilines is 3. The number of hydrogen-bond donors (Lipinski definition) is 4. The van der Waals surface area contributed by atoms with Crippen LogP contribution in [0.1, 0.15) is 53.5 Å². The minimum Gasteiger partial charge on any atom is -0.462 e. The molecule has 0 unspecified atom stereocenters. The van der Waals surface area contributed by atoms with Crippen LogP contribution < -0.4 is 22.1 Å². The molecule has 1 fully saturated rings. The van der Waals surface area contributed by atoms with E-state index in [4.69, 9.17) is 16.2 Å². The molecule has 4 rings (SSSR count). The van der Waals surface area contributed by atoms with Crippen LogP contribution in [-0.2, 0) is 4.74 Å². The number of thiophene rings is 1. The molecule has 2 aromatic heterocycles. The Morgan fingerprint density at radius 1 is 1.25 bits per heavy atom. The Morgan fingerprint density at radius 3 is 2.81 bits per heavy atom. The number of fused-ring (bicyclic) bond motifs is 1. The summed E-state index contributed by atoms with van der Waals surface area (Å²) >= 11 is 1.48. The number of carbonyl (C=O) groups is 2. The lowest BCUT2D eigenvalue weighted by Gasteiger charge is -2.29. The highest BCUT2D eigenvalue weighted by Gasteiger charge is 2.24. The third-order valence-electron chi connectivity index (χ3n) is 5.39. The lowest BCUT2D eigenvalue weighted by atomic mass is 9.91. The largest absolute Gasteiger partial charge is 0.462 e. The Labute approximate surface area is 188 Å². The Hall–Kier alpha value is -3.31. The van der Waals surface area contributed by atoms with Crippen molar-refractivity contribution in [1.29, 1.82) is 0 Å². The van der Waals surface area contributed by atoms with Gasteiger partial charge in [0.1, 0.15) is 0 Å². The minimum absolute atomic E-state index is 0.00809. The number of ether oxygens (including phenoxy) is 1. The average molecular weight is 456 g/mol. The molecule has 10 nitrogen and oxygen atoms in total. The summed E-state index contributed by atoms with van der Waals surface area (Å²) in [6, 6.07) is 5.35. The topological polar surface area (TPSA) is 158 Å². The van der Waals surface area contributed by atoms with Gasteiger partial charge in [-0.05, 0) is 43.3 Å². The number of aromatic nitrogens is 3. The molecule has 0 saturated heterocycles. The lowest BCUT2D eigenvalue weighted by molar-refractivity contribution is 0.0526. The van der Waals surface area contributed by atoms with Crippen molar-refractivity contribution in [2.45, 2.75) is 44.7 Å². The van der Waals surface area contributed by atoms with Crippen LogP contribution in [0.3, 0.4) is 0 Å². The second-order valence-electron chi connectivity index (χ2n) is 7.60. The molecule has 1 aromatic carbocycles. The Bertz CT molecular complexity index is 1150. The first-order chi connectivity index (χ1) is 15.5. The van der Waals surface area contributed by atoms with Gasteiger partial charge in [-0.2, -0.15) is 4.98 Å². The molecule has 2 heterocycles. The number of primary amides is 1. The number of nitrogens with one attached hydrogen (secondary N) is 2. The van der Waals surface area contributed by atoms with Gasteiger partial charge in [-0.15, -0.1) is 21.5 Å². The maximum absolute atomic E-state index is 12.3. The maximum atomic E-state index is 12.3. The van der Waals surface area contributed by atoms with Crippen LogP contribution in [0.5, 0.6) is 0 Å². The van der Waals surface area contributed by atoms with Crippen LogP contribution >= 0.6 is 11.3 Å². The van der Waals surface area contributed by atoms with Gasteiger partial charge in [0.25, 0.3) is 5.91 Å². The number of nitrogens with zero attached hydrogens (tertiary/aromatic N) is 3. The van der Waals surface area contributed by atoms with Crippen LogP contribution in [0.2, 0.25) is 0 Å². The number of esters is 1. The highest BCUT2D eigenvalue weighted by Crippen LogP contribution is 2.32. The number of nitrogens with two attached hydrogens (primary N) is 2. The van der Waals surface area contributed by atoms with Crippen LogP contribution in [-0.4, -0.2) is 45.7 Å². The predicted octanol–water partition coefficient (Wildman–Crippen LogP) is 2.79. The molecule has 1 aliphatic rings. The highest BCUT2D eigenvalue weighted by atomic mass is 32.1. The molecular weight excluding hydrogens is 430 g/mol. The molecule has 0 bridgehead atoms. The van der Waals surface area contributed by atoms with Gasteiger partial charge in [0.2, 0.25) is 5.95 Å². The molecule has 32 heavy (non-hydrogen) atoms. The second-order valence-corrected chi connectivity index (χ2v) is 8.55. The van der Waals surface area contributed by atoms with Gasteiger partial charge < -0.3 is 26.8 Å². The van der Waals surface area contributed by atoms with Crippen molar-refractivity contribution < 1.29 is 14.3 Å². The van der Waals surface area contributed by atoms with Crippen LogP contribution in [0, 0.1) is 0 Å². The molecule has 1 saturated carbocycles. The number of carbonyl (C=O) groups excluding carboxylic acids is 2. The zero-order valence-electron chi connectivity index (χ0n) is 17.6. The summed E-state index contributed by atoms with van der Waals surface area (Å²) < 4.78 is 6.02. The summed E-state index contributed by atoms with van der Waals surface area (Å²) in [6.07, 6.45) is 3.99. The number of hydrogen-bond acceptors (Lipinski definition) is 10. The third-order valence-corrected chi connectivity index (χ3v) is 6.25. The fraction of sp³-hybridized carbons (Fsp3) is 0.381. The minimum atomic E-state index is -0.767. The second kappa shape index (κ2) is 9.45. The van der Waals surface area contributed by atoms with Crippen molar-refractivity contribution in [2.75, 3.05) is 17.2 Å². The normalized spacial score (nSPS) is 18.3. The number of benzene rings is 1. The first kappa shape index (κ1) is 21.9. The molecule has 2 atom stereocenters. The summed E-state index contributed by atoms with van der Waals surface area (Å²) in [5.74, 6) is -0.803. The maximum Gasteiger partial charge on any atom is 0.338 e. The van der Waals surface area contributed by atoms with Gasteiger partial charge in [0.05, 0.1) is 12.2 Å². The monoisotopic (exact) mass is 455 g/mol. The lowest BCUT2D eigenvalue weighted by Crippen LogP contribution is -2.43. The Kier molecular flexibility index (Phi) is 6.47. The number of rotatable bonds is 7. The molecule has 1 amide bonds. The first-order valence-corrected chi connectivity index (χ1v) is 11.4. The molecule has 0 radical (unpaired) electrons. The van der Waals surface area contributed by atoms with Gasteiger partial charge >= 0.3 is 5.97 Å². The summed E-state index contributed by atoms with van der Waals surface area (Å²) in [7, 11) is 0. The van der Waals surface area contributed by atoms with Crippen molar-refractivity contribution in [3.05, 3.63) is 34.8 Å². The van der Waals surface area contributed by atoms with Crippen molar-refractivity contribution in [3.63, 3.8) is 0 Å². The van der Waals surface area contributed by atoms with Gasteiger partial charge in [0, 0.05) is 27.9 Å². The van der Waals surface area contributed by atoms with Gasteiger partial charge in [-0.25, -0.2) is 4.79 Å². The zero-order valence-corrected chi connectivity index (χ0v) is 18.4. The van der Waals surface area contributed by atoms with E-state index in [1.165, 1.54) is 11.3 Å². The van der Waals surface area contributed by atoms with Crippen molar-refractivity contribution in [3.8, 4) is 0 Å². The van der Waals surface area contributed by atoms with Gasteiger partial charge in [-0.3, -0.25) is 4.79 Å². The molecular formula is C21H25N7O3S. The predicted molar refractivity (Wildman–Crippen MR) is 123 cm³/mol. The summed E-state index contributed by atoms with van der Waals surface area (Å²) in [5.41, 5.74) is 12.6. The van der Waals surface area contributed by atoms with E-state index in [-0.39, 0.29) is 36.2 Å². The fourth-order valence-electron chi connectivity index (χ4n) is 3.78. The SMILES string of the molecule is CCOC(=O)c1cc(Nc2nc(N[C@@H]3CCCC[C@@H]3N)nnc2C(N)=O)c2ccsc2c1. The van der Waals surface area contributed by atoms with Gasteiger partial charge in [0.15, 0.2) is 11.5 Å². The summed E-state index contributed by atoms with van der Waals surface area (Å²) in [6.45, 7) is 2.02. The average Bonchev–Trinajstić information content (AvgIpc) is 3.24. The van der Waals surface area contributed by atoms with Crippen molar-refractivity contribution >= 4 is 50.8 Å². The smallest absolute Gasteiger partial charge is 0.338 e. The van der Waals surface area contributed by atoms with Crippen LogP contribution in [0.15, 0.2) is 23.6 Å². The van der Waals surface area contributed by atoms with E-state index in [2.05, 4.69) is 25.8 Å². The fourth-order valence-corrected chi connectivity index (χ4v) is 4.63. The van der Waals surface area contributed by atoms with Crippen LogP contribution in [0.25, 0.3) is 10.1 Å². The Morgan fingerprint density at radius 2 is 2.06 bits per heavy atom. The van der Waals surface area contributed by atoms with Crippen molar-refractivity contribution in [1.82, 2.24) is 15.2 Å². The standard InChI is InChI=1S/C21H25N7O3S/c1-2-31-20(30)11-9-15(12-7-8-32-16(12)10-11)24-19-17(18(23)29)27-28-21(26-19)25-14-6-4-3-5-13(14)22/h7-10,13-14H,2-6,22H2,1H3,(H2,23,29)(H2,24,25,26,28)/t13-,14+/m0/s1. The van der Waals surface area contributed by atoms with E-state index in [9.17, 15) is 9.59 Å². The summed E-state index contributed by atoms with van der Waals surface area (Å²) in [5, 5.41) is 17.1.